The highest BCUT2D eigenvalue weighted by Gasteiger charge is 2.29. The number of benzene rings is 2. The molecule has 0 aliphatic rings. The lowest BCUT2D eigenvalue weighted by Crippen LogP contribution is -2.14. The van der Waals surface area contributed by atoms with Crippen LogP contribution in [0.2, 0.25) is 0 Å². The molecule has 1 N–H and O–H groups in total. The Labute approximate surface area is 145 Å². The first-order valence-electron chi connectivity index (χ1n) is 7.24. The number of halogens is 3. The average Bonchev–Trinajstić information content (AvgIpc) is 2.59. The summed E-state index contributed by atoms with van der Waals surface area (Å²) in [6.45, 7) is 0. The Bertz CT molecular complexity index is 892. The number of carbonyl (C=O) groups excluding carboxylic acids is 1. The predicted octanol–water partition coefficient (Wildman–Crippen LogP) is 4.38. The van der Waals surface area contributed by atoms with E-state index in [1.807, 2.05) is 24.3 Å². The maximum absolute atomic E-state index is 12.5. The monoisotopic (exact) mass is 363 g/mol. The highest BCUT2D eigenvalue weighted by Crippen LogP contribution is 2.30. The summed E-state index contributed by atoms with van der Waals surface area (Å²) in [7, 11) is 0. The fourth-order valence-corrected chi connectivity index (χ4v) is 2.97. The zero-order valence-corrected chi connectivity index (χ0v) is 13.6. The minimum absolute atomic E-state index is 0.0731. The van der Waals surface area contributed by atoms with Crippen LogP contribution in [0, 0.1) is 0 Å². The number of hydrogen-bond donors (Lipinski definition) is 1. The molecule has 1 amide bonds. The molecular formula is C17H12F3N3OS. The van der Waals surface area contributed by atoms with Crippen molar-refractivity contribution in [3.8, 4) is 0 Å². The molecule has 0 unspecified atom stereocenters. The zero-order chi connectivity index (χ0) is 17.9. The van der Waals surface area contributed by atoms with Crippen molar-refractivity contribution >= 4 is 34.1 Å². The smallest absolute Gasteiger partial charge is 0.325 e. The zero-order valence-electron chi connectivity index (χ0n) is 12.7. The van der Waals surface area contributed by atoms with Gasteiger partial charge in [-0.2, -0.15) is 18.3 Å². The molecule has 0 aliphatic heterocycles. The Kier molecular flexibility index (Phi) is 4.89. The van der Waals surface area contributed by atoms with Crippen LogP contribution in [0.15, 0.2) is 59.8 Å². The van der Waals surface area contributed by atoms with E-state index in [2.05, 4.69) is 15.5 Å². The van der Waals surface area contributed by atoms with Gasteiger partial charge in [-0.25, -0.2) is 0 Å². The van der Waals surface area contributed by atoms with Gasteiger partial charge in [-0.3, -0.25) is 4.79 Å². The number of alkyl halides is 3. The van der Waals surface area contributed by atoms with Crippen LogP contribution in [0.3, 0.4) is 0 Å². The maximum atomic E-state index is 12.5. The minimum Gasteiger partial charge on any atom is -0.325 e. The number of aromatic nitrogens is 2. The van der Waals surface area contributed by atoms with Crippen LogP contribution in [0.5, 0.6) is 0 Å². The molecule has 4 nitrogen and oxygen atoms in total. The van der Waals surface area contributed by atoms with Gasteiger partial charge in [0, 0.05) is 16.5 Å². The molecule has 0 radical (unpaired) electrons. The molecule has 0 fully saturated rings. The Hall–Kier alpha value is -2.61. The van der Waals surface area contributed by atoms with Crippen molar-refractivity contribution in [3.63, 3.8) is 0 Å². The van der Waals surface area contributed by atoms with Gasteiger partial charge in [0.15, 0.2) is 0 Å². The number of fused-ring (bicyclic) bond motifs is 1. The summed E-state index contributed by atoms with van der Waals surface area (Å²) in [6.07, 6.45) is -2.76. The van der Waals surface area contributed by atoms with E-state index in [4.69, 9.17) is 0 Å². The Morgan fingerprint density at radius 3 is 2.52 bits per heavy atom. The summed E-state index contributed by atoms with van der Waals surface area (Å²) in [6, 6.07) is 11.9. The number of anilines is 1. The normalized spacial score (nSPS) is 11.5. The van der Waals surface area contributed by atoms with Crippen LogP contribution in [-0.2, 0) is 11.0 Å². The van der Waals surface area contributed by atoms with Gasteiger partial charge in [0.2, 0.25) is 5.91 Å². The van der Waals surface area contributed by atoms with Crippen LogP contribution in [0.25, 0.3) is 10.8 Å². The number of thioether (sulfide) groups is 1. The minimum atomic E-state index is -4.40. The highest BCUT2D eigenvalue weighted by atomic mass is 32.2. The van der Waals surface area contributed by atoms with Gasteiger partial charge < -0.3 is 5.32 Å². The summed E-state index contributed by atoms with van der Waals surface area (Å²) in [5.41, 5.74) is -0.450. The standard InChI is InChI=1S/C17H12F3N3OS/c18-17(19,20)12-5-7-13(8-6-12)22-15(24)10-25-16-14-4-2-1-3-11(14)9-21-23-16/h1-9H,10H2,(H,22,24). The van der Waals surface area contributed by atoms with Crippen LogP contribution in [0.1, 0.15) is 5.56 Å². The summed E-state index contributed by atoms with van der Waals surface area (Å²) in [5.74, 6) is -0.261. The predicted molar refractivity (Wildman–Crippen MR) is 90.3 cm³/mol. The second-order valence-electron chi connectivity index (χ2n) is 5.15. The van der Waals surface area contributed by atoms with Crippen molar-refractivity contribution in [2.45, 2.75) is 11.2 Å². The molecular weight excluding hydrogens is 351 g/mol. The van der Waals surface area contributed by atoms with Gasteiger partial charge >= 0.3 is 6.18 Å². The van der Waals surface area contributed by atoms with Crippen molar-refractivity contribution in [2.24, 2.45) is 0 Å². The molecule has 0 spiro atoms. The highest BCUT2D eigenvalue weighted by molar-refractivity contribution is 8.00. The van der Waals surface area contributed by atoms with Crippen LogP contribution >= 0.6 is 11.8 Å². The summed E-state index contributed by atoms with van der Waals surface area (Å²) in [4.78, 5) is 12.0. The number of amides is 1. The van der Waals surface area contributed by atoms with Gasteiger partial charge in [-0.15, -0.1) is 5.10 Å². The molecule has 8 heteroatoms. The van der Waals surface area contributed by atoms with Crippen molar-refractivity contribution < 1.29 is 18.0 Å². The quantitative estimate of drug-likeness (QED) is 0.699. The molecule has 0 saturated carbocycles. The molecule has 128 valence electrons. The van der Waals surface area contributed by atoms with Gasteiger partial charge in [0.1, 0.15) is 5.03 Å². The Balaban J connectivity index is 1.63. The lowest BCUT2D eigenvalue weighted by Gasteiger charge is -2.09. The number of hydrogen-bond acceptors (Lipinski definition) is 4. The van der Waals surface area contributed by atoms with Gasteiger partial charge in [-0.1, -0.05) is 36.0 Å². The third kappa shape index (κ3) is 4.27. The number of nitrogens with one attached hydrogen (secondary N) is 1. The SMILES string of the molecule is O=C(CSc1nncc2ccccc12)Nc1ccc(C(F)(F)F)cc1. The Morgan fingerprint density at radius 2 is 1.80 bits per heavy atom. The first kappa shape index (κ1) is 17.2. The molecule has 25 heavy (non-hydrogen) atoms. The summed E-state index contributed by atoms with van der Waals surface area (Å²) < 4.78 is 37.5. The fraction of sp³-hybridized carbons (Fsp3) is 0.118. The number of carbonyl (C=O) groups is 1. The summed E-state index contributed by atoms with van der Waals surface area (Å²) in [5, 5.41) is 12.9. The number of rotatable bonds is 4. The van der Waals surface area contributed by atoms with Crippen LogP contribution in [0.4, 0.5) is 18.9 Å². The summed E-state index contributed by atoms with van der Waals surface area (Å²) >= 11 is 1.22. The van der Waals surface area contributed by atoms with E-state index >= 15 is 0 Å². The van der Waals surface area contributed by atoms with Crippen molar-refractivity contribution in [1.29, 1.82) is 0 Å². The molecule has 3 rings (SSSR count). The number of nitrogens with zero attached hydrogens (tertiary/aromatic N) is 2. The molecule has 0 bridgehead atoms. The molecule has 0 saturated heterocycles. The van der Waals surface area contributed by atoms with E-state index in [1.54, 1.807) is 6.20 Å². The largest absolute Gasteiger partial charge is 0.416 e. The second kappa shape index (κ2) is 7.10. The van der Waals surface area contributed by atoms with Gasteiger partial charge in [0.05, 0.1) is 17.5 Å². The molecule has 2 aromatic carbocycles. The molecule has 1 aromatic heterocycles. The van der Waals surface area contributed by atoms with Crippen molar-refractivity contribution in [3.05, 3.63) is 60.3 Å². The van der Waals surface area contributed by atoms with E-state index in [0.29, 0.717) is 10.7 Å². The van der Waals surface area contributed by atoms with Crippen LogP contribution in [-0.4, -0.2) is 21.9 Å². The fourth-order valence-electron chi connectivity index (χ4n) is 2.18. The average molecular weight is 363 g/mol. The van der Waals surface area contributed by atoms with E-state index in [9.17, 15) is 18.0 Å². The first-order valence-corrected chi connectivity index (χ1v) is 8.22. The third-order valence-corrected chi connectivity index (χ3v) is 4.35. The van der Waals surface area contributed by atoms with Crippen molar-refractivity contribution in [1.82, 2.24) is 10.2 Å². The van der Waals surface area contributed by atoms with E-state index in [-0.39, 0.29) is 11.7 Å². The lowest BCUT2D eigenvalue weighted by molar-refractivity contribution is -0.137. The van der Waals surface area contributed by atoms with Gasteiger partial charge in [-0.05, 0) is 24.3 Å². The van der Waals surface area contributed by atoms with E-state index in [0.717, 1.165) is 22.9 Å². The lowest BCUT2D eigenvalue weighted by atomic mass is 10.2. The topological polar surface area (TPSA) is 54.9 Å². The Morgan fingerprint density at radius 1 is 1.08 bits per heavy atom. The molecule has 0 aliphatic carbocycles. The third-order valence-electron chi connectivity index (χ3n) is 3.37. The second-order valence-corrected chi connectivity index (χ2v) is 6.11. The van der Waals surface area contributed by atoms with E-state index < -0.39 is 11.7 Å². The first-order chi connectivity index (χ1) is 11.9. The molecule has 0 atom stereocenters. The van der Waals surface area contributed by atoms with E-state index in [1.165, 1.54) is 23.9 Å². The van der Waals surface area contributed by atoms with Crippen LogP contribution < -0.4 is 5.32 Å². The molecule has 3 aromatic rings. The van der Waals surface area contributed by atoms with Gasteiger partial charge in [0.25, 0.3) is 0 Å². The maximum Gasteiger partial charge on any atom is 0.416 e. The molecule has 1 heterocycles. The van der Waals surface area contributed by atoms with Crippen molar-refractivity contribution in [2.75, 3.05) is 11.1 Å².